The van der Waals surface area contributed by atoms with Gasteiger partial charge in [-0.3, -0.25) is 0 Å². The number of morpholine rings is 1. The maximum Gasteiger partial charge on any atom is 0.244 e. The van der Waals surface area contributed by atoms with Crippen LogP contribution in [-0.2, 0) is 14.8 Å². The van der Waals surface area contributed by atoms with Gasteiger partial charge in [-0.15, -0.1) is 0 Å². The Labute approximate surface area is 148 Å². The third kappa shape index (κ3) is 3.47. The molecule has 6 heteroatoms. The van der Waals surface area contributed by atoms with Crippen LogP contribution in [0, 0.1) is 12.7 Å². The van der Waals surface area contributed by atoms with Crippen molar-refractivity contribution in [2.45, 2.75) is 37.3 Å². The van der Waals surface area contributed by atoms with Gasteiger partial charge in [0, 0.05) is 6.54 Å². The zero-order valence-electron chi connectivity index (χ0n) is 14.6. The Morgan fingerprint density at radius 1 is 1.12 bits per heavy atom. The van der Waals surface area contributed by atoms with Gasteiger partial charge in [0.2, 0.25) is 10.0 Å². The molecular weight excluding hydrogens is 341 g/mol. The number of halogens is 1. The van der Waals surface area contributed by atoms with Gasteiger partial charge < -0.3 is 4.74 Å². The van der Waals surface area contributed by atoms with Crippen LogP contribution in [0.3, 0.4) is 0 Å². The molecule has 0 saturated carbocycles. The topological polar surface area (TPSA) is 46.6 Å². The molecule has 3 rings (SSSR count). The van der Waals surface area contributed by atoms with E-state index >= 15 is 0 Å². The normalized spacial score (nSPS) is 21.2. The number of benzene rings is 2. The van der Waals surface area contributed by atoms with Crippen molar-refractivity contribution in [3.63, 3.8) is 0 Å². The van der Waals surface area contributed by atoms with Crippen LogP contribution in [0.1, 0.15) is 31.1 Å². The summed E-state index contributed by atoms with van der Waals surface area (Å²) in [5, 5.41) is 0. The fourth-order valence-electron chi connectivity index (χ4n) is 3.09. The highest BCUT2D eigenvalue weighted by molar-refractivity contribution is 7.89. The van der Waals surface area contributed by atoms with Crippen molar-refractivity contribution in [2.24, 2.45) is 0 Å². The van der Waals surface area contributed by atoms with E-state index in [0.717, 1.165) is 5.56 Å². The molecular formula is C19H22FNO3S. The van der Waals surface area contributed by atoms with Crippen molar-refractivity contribution in [1.82, 2.24) is 4.31 Å². The second-order valence-corrected chi connectivity index (χ2v) is 8.80. The van der Waals surface area contributed by atoms with Crippen molar-refractivity contribution in [3.05, 3.63) is 65.5 Å². The van der Waals surface area contributed by atoms with Gasteiger partial charge in [0.25, 0.3) is 0 Å². The lowest BCUT2D eigenvalue weighted by Crippen LogP contribution is -2.56. The average Bonchev–Trinajstić information content (AvgIpc) is 2.55. The van der Waals surface area contributed by atoms with E-state index in [1.807, 2.05) is 19.9 Å². The smallest absolute Gasteiger partial charge is 0.244 e. The molecule has 1 unspecified atom stereocenters. The first-order chi connectivity index (χ1) is 11.7. The molecule has 0 amide bonds. The third-order valence-corrected chi connectivity index (χ3v) is 6.79. The summed E-state index contributed by atoms with van der Waals surface area (Å²) in [4.78, 5) is 0.308. The molecule has 0 bridgehead atoms. The number of rotatable bonds is 3. The summed E-state index contributed by atoms with van der Waals surface area (Å²) in [6, 6.07) is 13.0. The van der Waals surface area contributed by atoms with Crippen LogP contribution < -0.4 is 0 Å². The molecule has 1 fully saturated rings. The van der Waals surface area contributed by atoms with Crippen LogP contribution >= 0.6 is 0 Å². The summed E-state index contributed by atoms with van der Waals surface area (Å²) < 4.78 is 47.1. The number of ether oxygens (including phenoxy) is 1. The molecule has 0 radical (unpaired) electrons. The maximum atomic E-state index is 13.3. The van der Waals surface area contributed by atoms with E-state index in [0.29, 0.717) is 10.5 Å². The number of aryl methyl sites for hydroxylation is 1. The van der Waals surface area contributed by atoms with E-state index in [1.165, 1.54) is 16.4 Å². The van der Waals surface area contributed by atoms with Gasteiger partial charge >= 0.3 is 0 Å². The largest absolute Gasteiger partial charge is 0.370 e. The SMILES string of the molecule is Cc1ccccc1S(=O)(=O)N1CC(c2ccc(F)cc2)OCC1(C)C. The van der Waals surface area contributed by atoms with E-state index in [9.17, 15) is 12.8 Å². The molecule has 0 aromatic heterocycles. The van der Waals surface area contributed by atoms with E-state index in [1.54, 1.807) is 37.3 Å². The molecule has 1 saturated heterocycles. The van der Waals surface area contributed by atoms with Gasteiger partial charge in [0.15, 0.2) is 0 Å². The quantitative estimate of drug-likeness (QED) is 0.836. The highest BCUT2D eigenvalue weighted by Gasteiger charge is 2.43. The van der Waals surface area contributed by atoms with Crippen LogP contribution in [0.5, 0.6) is 0 Å². The Kier molecular flexibility index (Phi) is 4.70. The Hall–Kier alpha value is -1.76. The third-order valence-electron chi connectivity index (χ3n) is 4.55. The van der Waals surface area contributed by atoms with Gasteiger partial charge in [-0.1, -0.05) is 30.3 Å². The lowest BCUT2D eigenvalue weighted by molar-refractivity contribution is -0.0655. The summed E-state index contributed by atoms with van der Waals surface area (Å²) in [7, 11) is -3.67. The summed E-state index contributed by atoms with van der Waals surface area (Å²) in [6.45, 7) is 5.95. The van der Waals surface area contributed by atoms with Crippen molar-refractivity contribution in [1.29, 1.82) is 0 Å². The molecule has 2 aromatic rings. The fraction of sp³-hybridized carbons (Fsp3) is 0.368. The number of hydrogen-bond donors (Lipinski definition) is 0. The minimum absolute atomic E-state index is 0.190. The standard InChI is InChI=1S/C19H22FNO3S/c1-14-6-4-5-7-18(14)25(22,23)21-12-17(24-13-19(21,2)3)15-8-10-16(20)11-9-15/h4-11,17H,12-13H2,1-3H3. The highest BCUT2D eigenvalue weighted by atomic mass is 32.2. The first-order valence-corrected chi connectivity index (χ1v) is 9.61. The van der Waals surface area contributed by atoms with E-state index in [-0.39, 0.29) is 19.0 Å². The molecule has 1 aliphatic rings. The molecule has 25 heavy (non-hydrogen) atoms. The Morgan fingerprint density at radius 3 is 2.40 bits per heavy atom. The molecule has 2 aromatic carbocycles. The van der Waals surface area contributed by atoms with Gasteiger partial charge in [-0.05, 0) is 50.1 Å². The lowest BCUT2D eigenvalue weighted by Gasteiger charge is -2.44. The molecule has 134 valence electrons. The van der Waals surface area contributed by atoms with Crippen LogP contribution in [-0.4, -0.2) is 31.4 Å². The predicted octanol–water partition coefficient (Wildman–Crippen LogP) is 3.67. The first-order valence-electron chi connectivity index (χ1n) is 8.17. The molecule has 0 aliphatic carbocycles. The van der Waals surface area contributed by atoms with Crippen molar-refractivity contribution in [3.8, 4) is 0 Å². The number of sulfonamides is 1. The second-order valence-electron chi connectivity index (χ2n) is 6.97. The van der Waals surface area contributed by atoms with Crippen molar-refractivity contribution in [2.75, 3.05) is 13.2 Å². The summed E-state index contributed by atoms with van der Waals surface area (Å²) in [5.74, 6) is -0.329. The van der Waals surface area contributed by atoms with Crippen LogP contribution in [0.4, 0.5) is 4.39 Å². The second kappa shape index (κ2) is 6.52. The van der Waals surface area contributed by atoms with Crippen LogP contribution in [0.15, 0.2) is 53.4 Å². The summed E-state index contributed by atoms with van der Waals surface area (Å²) >= 11 is 0. The molecule has 0 spiro atoms. The predicted molar refractivity (Wildman–Crippen MR) is 94.2 cm³/mol. The average molecular weight is 363 g/mol. The Bertz CT molecular complexity index is 862. The minimum atomic E-state index is -3.67. The molecule has 1 atom stereocenters. The Balaban J connectivity index is 1.97. The van der Waals surface area contributed by atoms with Gasteiger partial charge in [0.05, 0.1) is 23.1 Å². The van der Waals surface area contributed by atoms with Gasteiger partial charge in [-0.2, -0.15) is 4.31 Å². The van der Waals surface area contributed by atoms with E-state index < -0.39 is 21.7 Å². The summed E-state index contributed by atoms with van der Waals surface area (Å²) in [5.41, 5.74) is 0.808. The highest BCUT2D eigenvalue weighted by Crippen LogP contribution is 2.35. The fourth-order valence-corrected chi connectivity index (χ4v) is 5.09. The van der Waals surface area contributed by atoms with Crippen LogP contribution in [0.25, 0.3) is 0 Å². The van der Waals surface area contributed by atoms with Crippen molar-refractivity contribution < 1.29 is 17.5 Å². The molecule has 0 N–H and O–H groups in total. The number of hydrogen-bond acceptors (Lipinski definition) is 3. The Morgan fingerprint density at radius 2 is 1.76 bits per heavy atom. The molecule has 1 heterocycles. The number of nitrogens with zero attached hydrogens (tertiary/aromatic N) is 1. The maximum absolute atomic E-state index is 13.3. The van der Waals surface area contributed by atoms with E-state index in [2.05, 4.69) is 0 Å². The van der Waals surface area contributed by atoms with Crippen LogP contribution in [0.2, 0.25) is 0 Å². The summed E-state index contributed by atoms with van der Waals surface area (Å²) in [6.07, 6.45) is -0.424. The monoisotopic (exact) mass is 363 g/mol. The van der Waals surface area contributed by atoms with E-state index in [4.69, 9.17) is 4.74 Å². The zero-order valence-corrected chi connectivity index (χ0v) is 15.4. The van der Waals surface area contributed by atoms with Crippen molar-refractivity contribution >= 4 is 10.0 Å². The van der Waals surface area contributed by atoms with Gasteiger partial charge in [-0.25, -0.2) is 12.8 Å². The zero-order chi connectivity index (χ0) is 18.2. The first kappa shape index (κ1) is 18.0. The molecule has 1 aliphatic heterocycles. The lowest BCUT2D eigenvalue weighted by atomic mass is 10.0. The van der Waals surface area contributed by atoms with Gasteiger partial charge in [0.1, 0.15) is 5.82 Å². The minimum Gasteiger partial charge on any atom is -0.370 e. The molecule has 4 nitrogen and oxygen atoms in total.